The summed E-state index contributed by atoms with van der Waals surface area (Å²) in [5.74, 6) is 0.592. The summed E-state index contributed by atoms with van der Waals surface area (Å²) in [5, 5.41) is 0. The zero-order valence-electron chi connectivity index (χ0n) is 10.9. The molecule has 17 heavy (non-hydrogen) atoms. The number of hydrogen-bond donors (Lipinski definition) is 1. The van der Waals surface area contributed by atoms with E-state index in [0.29, 0.717) is 11.8 Å². The molecule has 0 heterocycles. The van der Waals surface area contributed by atoms with Crippen molar-refractivity contribution in [1.82, 2.24) is 4.90 Å². The molecule has 102 valence electrons. The van der Waals surface area contributed by atoms with Crippen molar-refractivity contribution in [3.63, 3.8) is 0 Å². The molecule has 0 aromatic heterocycles. The first kappa shape index (κ1) is 14.9. The summed E-state index contributed by atoms with van der Waals surface area (Å²) >= 11 is 0. The lowest BCUT2D eigenvalue weighted by atomic mass is 9.91. The minimum atomic E-state index is -2.80. The lowest BCUT2D eigenvalue weighted by Gasteiger charge is -2.37. The SMILES string of the molecule is CCS(=O)(=O)CCCN(CCCN)C1CCC1. The van der Waals surface area contributed by atoms with E-state index in [1.807, 2.05) is 0 Å². The highest BCUT2D eigenvalue weighted by Gasteiger charge is 2.24. The van der Waals surface area contributed by atoms with Crippen molar-refractivity contribution >= 4 is 9.84 Å². The molecule has 1 fully saturated rings. The van der Waals surface area contributed by atoms with Crippen molar-refractivity contribution in [2.24, 2.45) is 5.73 Å². The average Bonchev–Trinajstić information content (AvgIpc) is 2.23. The van der Waals surface area contributed by atoms with Crippen LogP contribution in [0.5, 0.6) is 0 Å². The third-order valence-corrected chi connectivity index (χ3v) is 5.37. The van der Waals surface area contributed by atoms with Gasteiger partial charge in [-0.15, -0.1) is 0 Å². The molecule has 0 aromatic carbocycles. The van der Waals surface area contributed by atoms with E-state index < -0.39 is 9.84 Å². The van der Waals surface area contributed by atoms with Gasteiger partial charge in [-0.2, -0.15) is 0 Å². The van der Waals surface area contributed by atoms with Gasteiger partial charge >= 0.3 is 0 Å². The fourth-order valence-corrected chi connectivity index (χ4v) is 3.01. The second-order valence-electron chi connectivity index (χ2n) is 4.85. The molecule has 0 saturated heterocycles. The summed E-state index contributed by atoms with van der Waals surface area (Å²) in [7, 11) is -2.80. The summed E-state index contributed by atoms with van der Waals surface area (Å²) in [6.45, 7) is 4.36. The van der Waals surface area contributed by atoms with Gasteiger partial charge in [0.15, 0.2) is 0 Å². The topological polar surface area (TPSA) is 63.4 Å². The molecule has 0 bridgehead atoms. The summed E-state index contributed by atoms with van der Waals surface area (Å²) in [4.78, 5) is 2.43. The first-order chi connectivity index (χ1) is 8.09. The summed E-state index contributed by atoms with van der Waals surface area (Å²) in [6.07, 6.45) is 5.63. The number of sulfone groups is 1. The van der Waals surface area contributed by atoms with Crippen molar-refractivity contribution in [3.8, 4) is 0 Å². The van der Waals surface area contributed by atoms with Gasteiger partial charge < -0.3 is 10.6 Å². The van der Waals surface area contributed by atoms with E-state index in [2.05, 4.69) is 4.90 Å². The van der Waals surface area contributed by atoms with Crippen molar-refractivity contribution < 1.29 is 8.42 Å². The maximum atomic E-state index is 11.4. The highest BCUT2D eigenvalue weighted by molar-refractivity contribution is 7.91. The van der Waals surface area contributed by atoms with Crippen LogP contribution in [0.15, 0.2) is 0 Å². The van der Waals surface area contributed by atoms with Crippen LogP contribution in [0.1, 0.15) is 39.0 Å². The quantitative estimate of drug-likeness (QED) is 0.674. The molecule has 1 aliphatic rings. The third-order valence-electron chi connectivity index (χ3n) is 3.58. The van der Waals surface area contributed by atoms with E-state index in [1.54, 1.807) is 6.92 Å². The molecule has 5 heteroatoms. The molecule has 0 unspecified atom stereocenters. The Balaban J connectivity index is 2.28. The predicted molar refractivity (Wildman–Crippen MR) is 71.8 cm³/mol. The van der Waals surface area contributed by atoms with Crippen LogP contribution in [0.25, 0.3) is 0 Å². The van der Waals surface area contributed by atoms with E-state index in [0.717, 1.165) is 32.5 Å². The van der Waals surface area contributed by atoms with Crippen LogP contribution < -0.4 is 5.73 Å². The lowest BCUT2D eigenvalue weighted by molar-refractivity contribution is 0.127. The lowest BCUT2D eigenvalue weighted by Crippen LogP contribution is -2.42. The standard InChI is InChI=1S/C12H26N2O2S/c1-2-17(15,16)11-5-10-14(9-4-8-13)12-6-3-7-12/h12H,2-11,13H2,1H3. The first-order valence-corrected chi connectivity index (χ1v) is 8.55. The summed E-state index contributed by atoms with van der Waals surface area (Å²) < 4.78 is 22.8. The van der Waals surface area contributed by atoms with Crippen molar-refractivity contribution in [2.75, 3.05) is 31.1 Å². The number of nitrogens with zero attached hydrogens (tertiary/aromatic N) is 1. The Hall–Kier alpha value is -0.130. The van der Waals surface area contributed by atoms with Gasteiger partial charge in [0, 0.05) is 11.8 Å². The van der Waals surface area contributed by atoms with Crippen LogP contribution in [0.4, 0.5) is 0 Å². The number of nitrogens with two attached hydrogens (primary N) is 1. The molecule has 1 aliphatic carbocycles. The zero-order valence-corrected chi connectivity index (χ0v) is 11.7. The largest absolute Gasteiger partial charge is 0.330 e. The monoisotopic (exact) mass is 262 g/mol. The fourth-order valence-electron chi connectivity index (χ4n) is 2.16. The van der Waals surface area contributed by atoms with Gasteiger partial charge in [-0.3, -0.25) is 0 Å². The van der Waals surface area contributed by atoms with Crippen LogP contribution in [0.3, 0.4) is 0 Å². The van der Waals surface area contributed by atoms with Crippen LogP contribution in [-0.2, 0) is 9.84 Å². The van der Waals surface area contributed by atoms with Crippen LogP contribution >= 0.6 is 0 Å². The molecule has 0 radical (unpaired) electrons. The molecule has 0 atom stereocenters. The van der Waals surface area contributed by atoms with E-state index in [4.69, 9.17) is 5.73 Å². The van der Waals surface area contributed by atoms with E-state index in [-0.39, 0.29) is 5.75 Å². The molecule has 0 spiro atoms. The van der Waals surface area contributed by atoms with E-state index in [9.17, 15) is 8.42 Å². The van der Waals surface area contributed by atoms with Crippen molar-refractivity contribution in [3.05, 3.63) is 0 Å². The van der Waals surface area contributed by atoms with E-state index in [1.165, 1.54) is 19.3 Å². The fraction of sp³-hybridized carbons (Fsp3) is 1.00. The predicted octanol–water partition coefficient (Wildman–Crippen LogP) is 1.01. The average molecular weight is 262 g/mol. The third kappa shape index (κ3) is 5.36. The number of hydrogen-bond acceptors (Lipinski definition) is 4. The summed E-state index contributed by atoms with van der Waals surface area (Å²) in [6, 6.07) is 0.686. The molecule has 4 nitrogen and oxygen atoms in total. The Morgan fingerprint density at radius 1 is 1.24 bits per heavy atom. The Morgan fingerprint density at radius 3 is 2.35 bits per heavy atom. The molecule has 0 amide bonds. The Bertz CT molecular complexity index is 300. The van der Waals surface area contributed by atoms with Crippen LogP contribution in [0, 0.1) is 0 Å². The van der Waals surface area contributed by atoms with Crippen molar-refractivity contribution in [1.29, 1.82) is 0 Å². The molecular weight excluding hydrogens is 236 g/mol. The first-order valence-electron chi connectivity index (χ1n) is 6.73. The second kappa shape index (κ2) is 7.34. The Kier molecular flexibility index (Phi) is 6.44. The maximum Gasteiger partial charge on any atom is 0.150 e. The molecular formula is C12H26N2O2S. The van der Waals surface area contributed by atoms with Gasteiger partial charge in [0.1, 0.15) is 9.84 Å². The number of rotatable bonds is 9. The Labute approximate surface area is 105 Å². The van der Waals surface area contributed by atoms with Gasteiger partial charge in [0.2, 0.25) is 0 Å². The van der Waals surface area contributed by atoms with Gasteiger partial charge in [-0.25, -0.2) is 8.42 Å². The molecule has 1 rings (SSSR count). The smallest absolute Gasteiger partial charge is 0.150 e. The van der Waals surface area contributed by atoms with Gasteiger partial charge in [0.25, 0.3) is 0 Å². The van der Waals surface area contributed by atoms with Gasteiger partial charge in [-0.1, -0.05) is 13.3 Å². The molecule has 2 N–H and O–H groups in total. The highest BCUT2D eigenvalue weighted by atomic mass is 32.2. The molecule has 0 aromatic rings. The second-order valence-corrected chi connectivity index (χ2v) is 7.33. The van der Waals surface area contributed by atoms with Crippen LogP contribution in [-0.4, -0.2) is 50.5 Å². The molecule has 1 saturated carbocycles. The van der Waals surface area contributed by atoms with Crippen LogP contribution in [0.2, 0.25) is 0 Å². The zero-order chi connectivity index (χ0) is 12.7. The molecule has 0 aliphatic heterocycles. The van der Waals surface area contributed by atoms with E-state index >= 15 is 0 Å². The minimum Gasteiger partial charge on any atom is -0.330 e. The van der Waals surface area contributed by atoms with Gasteiger partial charge in [-0.05, 0) is 45.3 Å². The highest BCUT2D eigenvalue weighted by Crippen LogP contribution is 2.24. The minimum absolute atomic E-state index is 0.263. The Morgan fingerprint density at radius 2 is 1.88 bits per heavy atom. The van der Waals surface area contributed by atoms with Crippen molar-refractivity contribution in [2.45, 2.75) is 45.1 Å². The van der Waals surface area contributed by atoms with Gasteiger partial charge in [0.05, 0.1) is 5.75 Å². The normalized spacial score (nSPS) is 17.4. The summed E-state index contributed by atoms with van der Waals surface area (Å²) in [5.41, 5.74) is 5.53. The maximum absolute atomic E-state index is 11.4.